The van der Waals surface area contributed by atoms with Crippen molar-refractivity contribution in [1.29, 1.82) is 0 Å². The molecular weight excluding hydrogens is 422 g/mol. The number of rotatable bonds is 6. The first-order valence-electron chi connectivity index (χ1n) is 9.28. The smallest absolute Gasteiger partial charge is 0.263 e. The fourth-order valence-corrected chi connectivity index (χ4v) is 3.72. The van der Waals surface area contributed by atoms with Crippen LogP contribution in [-0.4, -0.2) is 26.2 Å². The van der Waals surface area contributed by atoms with E-state index in [0.29, 0.717) is 10.9 Å². The van der Waals surface area contributed by atoms with Crippen LogP contribution in [0.4, 0.5) is 14.5 Å². The molecule has 4 aromatic rings. The summed E-state index contributed by atoms with van der Waals surface area (Å²) >= 11 is 1.03. The molecular formula is C22H16F2N4O2S. The van der Waals surface area contributed by atoms with Crippen LogP contribution in [0.1, 0.15) is 5.56 Å². The van der Waals surface area contributed by atoms with E-state index in [1.807, 2.05) is 0 Å². The van der Waals surface area contributed by atoms with E-state index >= 15 is 0 Å². The van der Waals surface area contributed by atoms with Gasteiger partial charge in [0, 0.05) is 6.20 Å². The number of carbonyl (C=O) groups excluding carboxylic acids is 1. The third kappa shape index (κ3) is 4.77. The maximum atomic E-state index is 13.8. The topological polar surface area (TPSA) is 76.9 Å². The lowest BCUT2D eigenvalue weighted by molar-refractivity contribution is -0.113. The molecule has 1 amide bonds. The van der Waals surface area contributed by atoms with Gasteiger partial charge in [-0.3, -0.25) is 14.2 Å². The molecule has 31 heavy (non-hydrogen) atoms. The first-order valence-corrected chi connectivity index (χ1v) is 10.3. The molecule has 2 aromatic carbocycles. The SMILES string of the molecule is O=C(CSc1nc2ncccc2c(=O)n1Cc1ccc(F)cc1)Nc1ccccc1F. The summed E-state index contributed by atoms with van der Waals surface area (Å²) in [6.07, 6.45) is 1.53. The standard InChI is InChI=1S/C22H16F2N4O2S/c23-15-9-7-14(8-10-15)12-28-21(30)16-4-3-11-25-20(16)27-22(28)31-13-19(29)26-18-6-2-1-5-17(18)24/h1-11H,12-13H2,(H,26,29). The number of aromatic nitrogens is 3. The second-order valence-electron chi connectivity index (χ2n) is 6.60. The van der Waals surface area contributed by atoms with Gasteiger partial charge in [0.05, 0.1) is 23.4 Å². The molecule has 2 aromatic heterocycles. The predicted octanol–water partition coefficient (Wildman–Crippen LogP) is 3.85. The molecule has 1 N–H and O–H groups in total. The maximum absolute atomic E-state index is 13.8. The number of nitrogens with one attached hydrogen (secondary N) is 1. The van der Waals surface area contributed by atoms with Crippen LogP contribution >= 0.6 is 11.8 Å². The number of nitrogens with zero attached hydrogens (tertiary/aromatic N) is 3. The Bertz CT molecular complexity index is 1310. The molecule has 0 bridgehead atoms. The average molecular weight is 438 g/mol. The number of hydrogen-bond donors (Lipinski definition) is 1. The summed E-state index contributed by atoms with van der Waals surface area (Å²) in [5.41, 5.74) is 0.718. The minimum Gasteiger partial charge on any atom is -0.323 e. The van der Waals surface area contributed by atoms with Gasteiger partial charge in [-0.1, -0.05) is 36.0 Å². The van der Waals surface area contributed by atoms with Crippen LogP contribution in [0.15, 0.2) is 76.8 Å². The van der Waals surface area contributed by atoms with Gasteiger partial charge in [0.25, 0.3) is 5.56 Å². The second kappa shape index (κ2) is 9.05. The van der Waals surface area contributed by atoms with Gasteiger partial charge in [0.15, 0.2) is 10.8 Å². The Hall–Kier alpha value is -3.59. The Morgan fingerprint density at radius 1 is 1.03 bits per heavy atom. The summed E-state index contributed by atoms with van der Waals surface area (Å²) in [5, 5.41) is 3.12. The van der Waals surface area contributed by atoms with Gasteiger partial charge in [-0.05, 0) is 42.0 Å². The van der Waals surface area contributed by atoms with Gasteiger partial charge in [-0.15, -0.1) is 0 Å². The molecule has 156 valence electrons. The molecule has 0 fully saturated rings. The third-order valence-corrected chi connectivity index (χ3v) is 5.41. The summed E-state index contributed by atoms with van der Waals surface area (Å²) in [6, 6.07) is 14.9. The van der Waals surface area contributed by atoms with Crippen LogP contribution < -0.4 is 10.9 Å². The van der Waals surface area contributed by atoms with Crippen LogP contribution in [-0.2, 0) is 11.3 Å². The van der Waals surface area contributed by atoms with E-state index in [1.54, 1.807) is 30.3 Å². The molecule has 0 radical (unpaired) electrons. The van der Waals surface area contributed by atoms with Gasteiger partial charge in [-0.25, -0.2) is 18.7 Å². The van der Waals surface area contributed by atoms with Gasteiger partial charge in [-0.2, -0.15) is 0 Å². The second-order valence-corrected chi connectivity index (χ2v) is 7.55. The van der Waals surface area contributed by atoms with E-state index in [1.165, 1.54) is 41.1 Å². The molecule has 4 rings (SSSR count). The van der Waals surface area contributed by atoms with E-state index in [4.69, 9.17) is 0 Å². The van der Waals surface area contributed by atoms with Gasteiger partial charge < -0.3 is 5.32 Å². The van der Waals surface area contributed by atoms with E-state index in [9.17, 15) is 18.4 Å². The Morgan fingerprint density at radius 3 is 2.58 bits per heavy atom. The Balaban J connectivity index is 1.62. The number of carbonyl (C=O) groups is 1. The number of anilines is 1. The quantitative estimate of drug-likeness (QED) is 0.366. The average Bonchev–Trinajstić information content (AvgIpc) is 2.77. The number of halogens is 2. The van der Waals surface area contributed by atoms with Crippen molar-refractivity contribution in [1.82, 2.24) is 14.5 Å². The molecule has 0 aliphatic carbocycles. The monoisotopic (exact) mass is 438 g/mol. The van der Waals surface area contributed by atoms with Crippen molar-refractivity contribution in [3.63, 3.8) is 0 Å². The minimum atomic E-state index is -0.540. The Kier molecular flexibility index (Phi) is 6.03. The zero-order valence-electron chi connectivity index (χ0n) is 16.1. The lowest BCUT2D eigenvalue weighted by Crippen LogP contribution is -2.25. The Morgan fingerprint density at radius 2 is 1.81 bits per heavy atom. The van der Waals surface area contributed by atoms with Gasteiger partial charge in [0.1, 0.15) is 11.6 Å². The van der Waals surface area contributed by atoms with Crippen LogP contribution in [0.2, 0.25) is 0 Å². The highest BCUT2D eigenvalue weighted by Gasteiger charge is 2.15. The van der Waals surface area contributed by atoms with Crippen LogP contribution in [0, 0.1) is 11.6 Å². The van der Waals surface area contributed by atoms with Crippen molar-refractivity contribution < 1.29 is 13.6 Å². The molecule has 6 nitrogen and oxygen atoms in total. The normalized spacial score (nSPS) is 10.9. The van der Waals surface area contributed by atoms with Crippen LogP contribution in [0.25, 0.3) is 11.0 Å². The molecule has 0 aliphatic heterocycles. The number of pyridine rings is 1. The number of amides is 1. The highest BCUT2D eigenvalue weighted by atomic mass is 32.2. The minimum absolute atomic E-state index is 0.0740. The van der Waals surface area contributed by atoms with Gasteiger partial charge >= 0.3 is 0 Å². The first kappa shape index (κ1) is 20.7. The summed E-state index contributed by atoms with van der Waals surface area (Å²) < 4.78 is 28.4. The molecule has 0 unspecified atom stereocenters. The lowest BCUT2D eigenvalue weighted by Gasteiger charge is -2.13. The Labute approximate surface area is 180 Å². The predicted molar refractivity (Wildman–Crippen MR) is 115 cm³/mol. The van der Waals surface area contributed by atoms with Crippen LogP contribution in [0.5, 0.6) is 0 Å². The van der Waals surface area contributed by atoms with Crippen molar-refractivity contribution in [2.24, 2.45) is 0 Å². The van der Waals surface area contributed by atoms with Crippen LogP contribution in [0.3, 0.4) is 0 Å². The first-order chi connectivity index (χ1) is 15.0. The lowest BCUT2D eigenvalue weighted by atomic mass is 10.2. The zero-order chi connectivity index (χ0) is 21.8. The molecule has 0 atom stereocenters. The summed E-state index contributed by atoms with van der Waals surface area (Å²) in [7, 11) is 0. The van der Waals surface area contributed by atoms with E-state index in [-0.39, 0.29) is 40.2 Å². The molecule has 2 heterocycles. The molecule has 9 heteroatoms. The number of fused-ring (bicyclic) bond motifs is 1. The largest absolute Gasteiger partial charge is 0.323 e. The number of benzene rings is 2. The van der Waals surface area contributed by atoms with Crippen molar-refractivity contribution in [2.75, 3.05) is 11.1 Å². The highest BCUT2D eigenvalue weighted by Crippen LogP contribution is 2.19. The highest BCUT2D eigenvalue weighted by molar-refractivity contribution is 7.99. The number of hydrogen-bond acceptors (Lipinski definition) is 5. The van der Waals surface area contributed by atoms with E-state index < -0.39 is 11.7 Å². The van der Waals surface area contributed by atoms with Crippen molar-refractivity contribution in [2.45, 2.75) is 11.7 Å². The molecule has 0 saturated heterocycles. The van der Waals surface area contributed by atoms with E-state index in [2.05, 4.69) is 15.3 Å². The summed E-state index contributed by atoms with van der Waals surface area (Å²) in [6.45, 7) is 0.147. The van der Waals surface area contributed by atoms with E-state index in [0.717, 1.165) is 11.8 Å². The fourth-order valence-electron chi connectivity index (χ4n) is 2.94. The van der Waals surface area contributed by atoms with Gasteiger partial charge in [0.2, 0.25) is 5.91 Å². The maximum Gasteiger partial charge on any atom is 0.263 e. The van der Waals surface area contributed by atoms with Crippen molar-refractivity contribution >= 4 is 34.4 Å². The molecule has 0 aliphatic rings. The molecule has 0 spiro atoms. The molecule has 0 saturated carbocycles. The number of thioether (sulfide) groups is 1. The fraction of sp³-hybridized carbons (Fsp3) is 0.0909. The zero-order valence-corrected chi connectivity index (χ0v) is 16.9. The summed E-state index contributed by atoms with van der Waals surface area (Å²) in [4.78, 5) is 33.9. The number of para-hydroxylation sites is 1. The van der Waals surface area contributed by atoms with Crippen molar-refractivity contribution in [3.8, 4) is 0 Å². The van der Waals surface area contributed by atoms with Crippen molar-refractivity contribution in [3.05, 3.63) is 94.4 Å². The third-order valence-electron chi connectivity index (χ3n) is 4.43. The summed E-state index contributed by atoms with van der Waals surface area (Å²) in [5.74, 6) is -1.46.